The largest absolute Gasteiger partial charge is 0.492 e. The molecule has 1 aromatic carbocycles. The lowest BCUT2D eigenvalue weighted by Gasteiger charge is -2.25. The second kappa shape index (κ2) is 4.71. The highest BCUT2D eigenvalue weighted by Gasteiger charge is 2.18. The lowest BCUT2D eigenvalue weighted by Crippen LogP contribution is -2.19. The fourth-order valence-corrected chi connectivity index (χ4v) is 2.11. The van der Waals surface area contributed by atoms with Crippen molar-refractivity contribution in [3.05, 3.63) is 26.8 Å². The number of hydrogen-bond donors (Lipinski definition) is 0. The predicted molar refractivity (Wildman–Crippen MR) is 67.0 cm³/mol. The van der Waals surface area contributed by atoms with Crippen LogP contribution in [0.2, 0.25) is 5.02 Å². The summed E-state index contributed by atoms with van der Waals surface area (Å²) in [6.45, 7) is 0.844. The SMILES string of the molecule is Clc1ccc(I)c(OCC2CCC2)c1. The molecule has 1 saturated carbocycles. The molecule has 0 atom stereocenters. The minimum absolute atomic E-state index is 0.744. The van der Waals surface area contributed by atoms with Crippen molar-refractivity contribution in [3.63, 3.8) is 0 Å². The van der Waals surface area contributed by atoms with Gasteiger partial charge in [0.2, 0.25) is 0 Å². The summed E-state index contributed by atoms with van der Waals surface area (Å²) in [5.41, 5.74) is 0. The van der Waals surface area contributed by atoms with E-state index in [0.717, 1.165) is 26.9 Å². The Hall–Kier alpha value is 0.0400. The molecule has 0 saturated heterocycles. The molecule has 0 heterocycles. The molecule has 1 fully saturated rings. The van der Waals surface area contributed by atoms with Gasteiger partial charge in [-0.3, -0.25) is 0 Å². The molecule has 0 spiro atoms. The summed E-state index contributed by atoms with van der Waals surface area (Å²) in [5.74, 6) is 1.69. The first kappa shape index (κ1) is 10.6. The van der Waals surface area contributed by atoms with Crippen molar-refractivity contribution < 1.29 is 4.74 Å². The Balaban J connectivity index is 1.96. The maximum Gasteiger partial charge on any atom is 0.134 e. The maximum absolute atomic E-state index is 5.90. The number of ether oxygens (including phenoxy) is 1. The van der Waals surface area contributed by atoms with Gasteiger partial charge in [-0.15, -0.1) is 0 Å². The van der Waals surface area contributed by atoms with Gasteiger partial charge in [0, 0.05) is 5.02 Å². The Morgan fingerprint density at radius 1 is 1.43 bits per heavy atom. The lowest BCUT2D eigenvalue weighted by molar-refractivity contribution is 0.180. The molecule has 0 bridgehead atoms. The smallest absolute Gasteiger partial charge is 0.134 e. The molecule has 3 heteroatoms. The van der Waals surface area contributed by atoms with E-state index >= 15 is 0 Å². The molecule has 0 N–H and O–H groups in total. The summed E-state index contributed by atoms with van der Waals surface area (Å²) >= 11 is 8.17. The van der Waals surface area contributed by atoms with Crippen molar-refractivity contribution in [1.82, 2.24) is 0 Å². The van der Waals surface area contributed by atoms with Gasteiger partial charge in [-0.1, -0.05) is 18.0 Å². The predicted octanol–water partition coefficient (Wildman–Crippen LogP) is 4.12. The highest BCUT2D eigenvalue weighted by Crippen LogP contribution is 2.29. The molecule has 0 aliphatic heterocycles. The van der Waals surface area contributed by atoms with E-state index in [2.05, 4.69) is 22.6 Å². The first-order valence-corrected chi connectivity index (χ1v) is 6.29. The van der Waals surface area contributed by atoms with Gasteiger partial charge in [0.1, 0.15) is 5.75 Å². The van der Waals surface area contributed by atoms with Crippen molar-refractivity contribution in [3.8, 4) is 5.75 Å². The van der Waals surface area contributed by atoms with Crippen LogP contribution < -0.4 is 4.74 Å². The average molecular weight is 323 g/mol. The van der Waals surface area contributed by atoms with E-state index in [1.807, 2.05) is 18.2 Å². The topological polar surface area (TPSA) is 9.23 Å². The molecule has 2 rings (SSSR count). The molecule has 1 aromatic rings. The van der Waals surface area contributed by atoms with Gasteiger partial charge >= 0.3 is 0 Å². The van der Waals surface area contributed by atoms with E-state index in [4.69, 9.17) is 16.3 Å². The highest BCUT2D eigenvalue weighted by molar-refractivity contribution is 14.1. The standard InChI is InChI=1S/C11H12ClIO/c12-9-4-5-10(13)11(6-9)14-7-8-2-1-3-8/h4-6,8H,1-3,7H2. The minimum atomic E-state index is 0.744. The second-order valence-electron chi connectivity index (χ2n) is 3.68. The third-order valence-corrected chi connectivity index (χ3v) is 3.72. The molecule has 1 aliphatic rings. The van der Waals surface area contributed by atoms with Crippen molar-refractivity contribution in [2.75, 3.05) is 6.61 Å². The van der Waals surface area contributed by atoms with Crippen LogP contribution in [0.1, 0.15) is 19.3 Å². The Morgan fingerprint density at radius 2 is 2.21 bits per heavy atom. The van der Waals surface area contributed by atoms with E-state index in [1.165, 1.54) is 19.3 Å². The van der Waals surface area contributed by atoms with Crippen LogP contribution in [0.3, 0.4) is 0 Å². The number of halogens is 2. The summed E-state index contributed by atoms with van der Waals surface area (Å²) in [6, 6.07) is 5.76. The van der Waals surface area contributed by atoms with Crippen LogP contribution in [0.5, 0.6) is 5.75 Å². The molecular formula is C11H12ClIO. The summed E-state index contributed by atoms with van der Waals surface area (Å²) in [7, 11) is 0. The molecule has 0 radical (unpaired) electrons. The third kappa shape index (κ3) is 2.54. The first-order chi connectivity index (χ1) is 6.75. The monoisotopic (exact) mass is 322 g/mol. The lowest BCUT2D eigenvalue weighted by atomic mass is 9.86. The van der Waals surface area contributed by atoms with Crippen LogP contribution in [0.25, 0.3) is 0 Å². The van der Waals surface area contributed by atoms with Crippen molar-refractivity contribution in [1.29, 1.82) is 0 Å². The van der Waals surface area contributed by atoms with Crippen LogP contribution in [-0.2, 0) is 0 Å². The zero-order chi connectivity index (χ0) is 9.97. The quantitative estimate of drug-likeness (QED) is 0.761. The van der Waals surface area contributed by atoms with Gasteiger partial charge in [0.15, 0.2) is 0 Å². The first-order valence-electron chi connectivity index (χ1n) is 4.83. The second-order valence-corrected chi connectivity index (χ2v) is 5.28. The van der Waals surface area contributed by atoms with Crippen molar-refractivity contribution in [2.45, 2.75) is 19.3 Å². The summed E-state index contributed by atoms with van der Waals surface area (Å²) in [5, 5.41) is 0.744. The molecule has 14 heavy (non-hydrogen) atoms. The number of rotatable bonds is 3. The minimum Gasteiger partial charge on any atom is -0.492 e. The van der Waals surface area contributed by atoms with Crippen LogP contribution >= 0.6 is 34.2 Å². The maximum atomic E-state index is 5.90. The molecule has 76 valence electrons. The Kier molecular flexibility index (Phi) is 3.55. The van der Waals surface area contributed by atoms with E-state index < -0.39 is 0 Å². The molecule has 0 unspecified atom stereocenters. The van der Waals surface area contributed by atoms with Crippen molar-refractivity contribution in [2.24, 2.45) is 5.92 Å². The third-order valence-electron chi connectivity index (χ3n) is 2.59. The zero-order valence-electron chi connectivity index (χ0n) is 7.80. The average Bonchev–Trinajstić information content (AvgIpc) is 2.08. The highest BCUT2D eigenvalue weighted by atomic mass is 127. The van der Waals surface area contributed by atoms with Crippen molar-refractivity contribution >= 4 is 34.2 Å². The summed E-state index contributed by atoms with van der Waals surface area (Å²) in [4.78, 5) is 0. The Bertz CT molecular complexity index is 323. The molecule has 0 amide bonds. The normalized spacial score (nSPS) is 16.4. The van der Waals surface area contributed by atoms with Crippen LogP contribution in [0.15, 0.2) is 18.2 Å². The van der Waals surface area contributed by atoms with E-state index in [-0.39, 0.29) is 0 Å². The van der Waals surface area contributed by atoms with Gasteiger partial charge in [0.05, 0.1) is 10.2 Å². The van der Waals surface area contributed by atoms with Gasteiger partial charge < -0.3 is 4.74 Å². The van der Waals surface area contributed by atoms with E-state index in [1.54, 1.807) is 0 Å². The Labute approximate surface area is 103 Å². The van der Waals surface area contributed by atoms with Crippen LogP contribution in [-0.4, -0.2) is 6.61 Å². The number of benzene rings is 1. The van der Waals surface area contributed by atoms with E-state index in [9.17, 15) is 0 Å². The molecule has 1 aliphatic carbocycles. The molecule has 1 nitrogen and oxygen atoms in total. The van der Waals surface area contributed by atoms with Gasteiger partial charge in [-0.2, -0.15) is 0 Å². The van der Waals surface area contributed by atoms with Gasteiger partial charge in [0.25, 0.3) is 0 Å². The zero-order valence-corrected chi connectivity index (χ0v) is 10.7. The van der Waals surface area contributed by atoms with Crippen LogP contribution in [0.4, 0.5) is 0 Å². The summed E-state index contributed by atoms with van der Waals surface area (Å²) in [6.07, 6.45) is 3.99. The van der Waals surface area contributed by atoms with Gasteiger partial charge in [-0.05, 0) is 59.5 Å². The van der Waals surface area contributed by atoms with Crippen LogP contribution in [0, 0.1) is 9.49 Å². The number of hydrogen-bond acceptors (Lipinski definition) is 1. The fraction of sp³-hybridized carbons (Fsp3) is 0.455. The fourth-order valence-electron chi connectivity index (χ4n) is 1.45. The summed E-state index contributed by atoms with van der Waals surface area (Å²) < 4.78 is 6.86. The molecular weight excluding hydrogens is 310 g/mol. The molecule has 0 aromatic heterocycles. The Morgan fingerprint density at radius 3 is 2.86 bits per heavy atom. The van der Waals surface area contributed by atoms with Gasteiger partial charge in [-0.25, -0.2) is 0 Å². The van der Waals surface area contributed by atoms with E-state index in [0.29, 0.717) is 0 Å².